The number of carboxylic acids is 1. The Morgan fingerprint density at radius 3 is 2.45 bits per heavy atom. The second-order valence-corrected chi connectivity index (χ2v) is 7.07. The molecule has 1 aromatic carbocycles. The quantitative estimate of drug-likeness (QED) is 0.810. The highest BCUT2D eigenvalue weighted by Crippen LogP contribution is 2.26. The first-order chi connectivity index (χ1) is 9.06. The highest BCUT2D eigenvalue weighted by atomic mass is 79.9. The second kappa shape index (κ2) is 5.88. The van der Waals surface area contributed by atoms with E-state index in [1.165, 1.54) is 6.92 Å². The van der Waals surface area contributed by atoms with Crippen LogP contribution in [0, 0.1) is 11.7 Å². The third kappa shape index (κ3) is 3.54. The van der Waals surface area contributed by atoms with Crippen molar-refractivity contribution in [1.82, 2.24) is 0 Å². The molecule has 0 bridgehead atoms. The van der Waals surface area contributed by atoms with Gasteiger partial charge in [0.25, 0.3) is 0 Å². The summed E-state index contributed by atoms with van der Waals surface area (Å²) in [6, 6.07) is 1.90. The van der Waals surface area contributed by atoms with Crippen LogP contribution < -0.4 is 5.73 Å². The molecule has 20 heavy (non-hydrogen) atoms. The van der Waals surface area contributed by atoms with E-state index in [9.17, 15) is 22.4 Å². The molecule has 0 heterocycles. The average Bonchev–Trinajstić information content (AvgIpc) is 2.30. The van der Waals surface area contributed by atoms with E-state index >= 15 is 0 Å². The average molecular weight is 368 g/mol. The molecule has 1 aromatic rings. The fourth-order valence-electron chi connectivity index (χ4n) is 1.45. The molecule has 1 unspecified atom stereocenters. The monoisotopic (exact) mass is 367 g/mol. The van der Waals surface area contributed by atoms with Crippen LogP contribution in [0.25, 0.3) is 0 Å². The van der Waals surface area contributed by atoms with Crippen molar-refractivity contribution in [2.75, 3.05) is 5.75 Å². The number of hydrogen-bond donors (Lipinski definition) is 2. The molecule has 1 amide bonds. The number of primary amides is 1. The lowest BCUT2D eigenvalue weighted by Gasteiger charge is -2.11. The Morgan fingerprint density at radius 1 is 1.45 bits per heavy atom. The third-order valence-corrected chi connectivity index (χ3v) is 4.89. The van der Waals surface area contributed by atoms with E-state index in [2.05, 4.69) is 15.9 Å². The zero-order valence-corrected chi connectivity index (χ0v) is 12.7. The van der Waals surface area contributed by atoms with Crippen LogP contribution >= 0.6 is 15.9 Å². The van der Waals surface area contributed by atoms with Gasteiger partial charge in [0.05, 0.1) is 11.3 Å². The van der Waals surface area contributed by atoms with Gasteiger partial charge in [0.2, 0.25) is 5.91 Å². The van der Waals surface area contributed by atoms with Gasteiger partial charge < -0.3 is 10.8 Å². The zero-order valence-electron chi connectivity index (χ0n) is 10.3. The van der Waals surface area contributed by atoms with Crippen LogP contribution in [0.15, 0.2) is 21.5 Å². The number of carbonyl (C=O) groups excluding carboxylic acids is 1. The topological polar surface area (TPSA) is 115 Å². The first-order valence-electron chi connectivity index (χ1n) is 5.30. The fourth-order valence-corrected chi connectivity index (χ4v) is 3.75. The lowest BCUT2D eigenvalue weighted by atomic mass is 10.2. The van der Waals surface area contributed by atoms with Gasteiger partial charge in [-0.05, 0) is 12.1 Å². The van der Waals surface area contributed by atoms with Crippen LogP contribution in [-0.4, -0.2) is 31.2 Å². The maximum Gasteiger partial charge on any atom is 0.338 e. The smallest absolute Gasteiger partial charge is 0.338 e. The Balaban J connectivity index is 3.39. The summed E-state index contributed by atoms with van der Waals surface area (Å²) in [4.78, 5) is 21.0. The Morgan fingerprint density at radius 2 is 2.00 bits per heavy atom. The van der Waals surface area contributed by atoms with Crippen molar-refractivity contribution < 1.29 is 27.5 Å². The Hall–Kier alpha value is -1.48. The summed E-state index contributed by atoms with van der Waals surface area (Å²) in [5, 5.41) is 8.82. The molecule has 0 aliphatic rings. The van der Waals surface area contributed by atoms with Gasteiger partial charge in [0.1, 0.15) is 4.90 Å². The lowest BCUT2D eigenvalue weighted by molar-refractivity contribution is -0.120. The highest BCUT2D eigenvalue weighted by Gasteiger charge is 2.28. The number of sulfone groups is 1. The van der Waals surface area contributed by atoms with Crippen LogP contribution in [-0.2, 0) is 14.6 Å². The number of hydrogen-bond acceptors (Lipinski definition) is 4. The minimum Gasteiger partial charge on any atom is -0.478 e. The largest absolute Gasteiger partial charge is 0.478 e. The van der Waals surface area contributed by atoms with Crippen molar-refractivity contribution in [2.24, 2.45) is 11.7 Å². The van der Waals surface area contributed by atoms with Gasteiger partial charge in [0.15, 0.2) is 15.7 Å². The summed E-state index contributed by atoms with van der Waals surface area (Å²) in [7, 11) is -4.18. The van der Waals surface area contributed by atoms with Crippen LogP contribution in [0.1, 0.15) is 17.3 Å². The Bertz CT molecular complexity index is 674. The van der Waals surface area contributed by atoms with Gasteiger partial charge in [-0.2, -0.15) is 0 Å². The van der Waals surface area contributed by atoms with Gasteiger partial charge in [-0.25, -0.2) is 17.6 Å². The highest BCUT2D eigenvalue weighted by molar-refractivity contribution is 9.10. The van der Waals surface area contributed by atoms with E-state index in [-0.39, 0.29) is 4.47 Å². The molecular weight excluding hydrogens is 357 g/mol. The summed E-state index contributed by atoms with van der Waals surface area (Å²) in [6.07, 6.45) is 0. The normalized spacial score (nSPS) is 12.9. The standard InChI is InChI=1S/C11H11BrFNO5S/c1-5(10(14)15)4-20(18,19)8-3-6(12)2-7(9(8)13)11(16)17/h2-3,5H,4H2,1H3,(H2,14,15)(H,16,17). The second-order valence-electron chi connectivity index (χ2n) is 4.16. The maximum atomic E-state index is 14.0. The molecule has 110 valence electrons. The van der Waals surface area contributed by atoms with Gasteiger partial charge in [-0.15, -0.1) is 0 Å². The Kier molecular flexibility index (Phi) is 4.87. The van der Waals surface area contributed by atoms with E-state index < -0.39 is 49.7 Å². The first-order valence-corrected chi connectivity index (χ1v) is 7.75. The number of halogens is 2. The molecule has 9 heteroatoms. The van der Waals surface area contributed by atoms with Crippen molar-refractivity contribution >= 4 is 37.6 Å². The summed E-state index contributed by atoms with van der Waals surface area (Å²) < 4.78 is 38.1. The molecule has 0 radical (unpaired) electrons. The van der Waals surface area contributed by atoms with Crippen molar-refractivity contribution in [3.05, 3.63) is 28.0 Å². The van der Waals surface area contributed by atoms with Gasteiger partial charge in [-0.3, -0.25) is 4.79 Å². The maximum absolute atomic E-state index is 14.0. The van der Waals surface area contributed by atoms with E-state index in [1.54, 1.807) is 0 Å². The SMILES string of the molecule is CC(CS(=O)(=O)c1cc(Br)cc(C(=O)O)c1F)C(N)=O. The van der Waals surface area contributed by atoms with E-state index in [4.69, 9.17) is 10.8 Å². The molecule has 0 saturated heterocycles. The van der Waals surface area contributed by atoms with Gasteiger partial charge in [0, 0.05) is 10.4 Å². The first kappa shape index (κ1) is 16.6. The Labute approximate surface area is 122 Å². The minimum atomic E-state index is -4.18. The third-order valence-electron chi connectivity index (χ3n) is 2.52. The number of rotatable bonds is 5. The number of carboxylic acid groups (broad SMARTS) is 1. The number of carbonyl (C=O) groups is 2. The number of nitrogens with two attached hydrogens (primary N) is 1. The summed E-state index contributed by atoms with van der Waals surface area (Å²) in [6.45, 7) is 1.29. The van der Waals surface area contributed by atoms with E-state index in [1.807, 2.05) is 0 Å². The van der Waals surface area contributed by atoms with Crippen LogP contribution in [0.3, 0.4) is 0 Å². The van der Waals surface area contributed by atoms with Crippen molar-refractivity contribution in [1.29, 1.82) is 0 Å². The summed E-state index contributed by atoms with van der Waals surface area (Å²) in [5.74, 6) is -5.52. The molecule has 0 aliphatic carbocycles. The molecule has 0 aromatic heterocycles. The van der Waals surface area contributed by atoms with E-state index in [0.29, 0.717) is 0 Å². The van der Waals surface area contributed by atoms with Crippen molar-refractivity contribution in [2.45, 2.75) is 11.8 Å². The predicted molar refractivity (Wildman–Crippen MR) is 71.5 cm³/mol. The van der Waals surface area contributed by atoms with Crippen LogP contribution in [0.4, 0.5) is 4.39 Å². The van der Waals surface area contributed by atoms with Crippen LogP contribution in [0.5, 0.6) is 0 Å². The molecule has 1 rings (SSSR count). The fraction of sp³-hybridized carbons (Fsp3) is 0.273. The van der Waals surface area contributed by atoms with E-state index in [0.717, 1.165) is 12.1 Å². The number of benzene rings is 1. The lowest BCUT2D eigenvalue weighted by Crippen LogP contribution is -2.28. The summed E-state index contributed by atoms with van der Waals surface area (Å²) in [5.41, 5.74) is 4.19. The summed E-state index contributed by atoms with van der Waals surface area (Å²) >= 11 is 2.92. The molecule has 0 spiro atoms. The zero-order chi connectivity index (χ0) is 15.7. The predicted octanol–water partition coefficient (Wildman–Crippen LogP) is 1.18. The molecule has 0 fully saturated rings. The molecule has 0 aliphatic heterocycles. The number of amides is 1. The molecule has 0 saturated carbocycles. The minimum absolute atomic E-state index is 0.0987. The van der Waals surface area contributed by atoms with Crippen LogP contribution in [0.2, 0.25) is 0 Å². The molecule has 3 N–H and O–H groups in total. The number of aromatic carboxylic acids is 1. The van der Waals surface area contributed by atoms with Gasteiger partial charge in [-0.1, -0.05) is 22.9 Å². The molecule has 6 nitrogen and oxygen atoms in total. The van der Waals surface area contributed by atoms with Crippen molar-refractivity contribution in [3.63, 3.8) is 0 Å². The van der Waals surface area contributed by atoms with Crippen molar-refractivity contribution in [3.8, 4) is 0 Å². The van der Waals surface area contributed by atoms with Gasteiger partial charge >= 0.3 is 5.97 Å². The molecular formula is C11H11BrFNO5S. The molecule has 1 atom stereocenters.